The maximum Gasteiger partial charge on any atom is 0.132 e. The summed E-state index contributed by atoms with van der Waals surface area (Å²) in [6.07, 6.45) is -0.175. The zero-order chi connectivity index (χ0) is 37.5. The predicted molar refractivity (Wildman–Crippen MR) is 229 cm³/mol. The summed E-state index contributed by atoms with van der Waals surface area (Å²) in [7, 11) is 0. The van der Waals surface area contributed by atoms with Crippen LogP contribution in [0, 0.1) is 0 Å². The van der Waals surface area contributed by atoms with Crippen LogP contribution >= 0.6 is 0 Å². The lowest BCUT2D eigenvalue weighted by molar-refractivity contribution is 0.203. The monoisotopic (exact) mass is 734 g/mol. The Balaban J connectivity index is 1.03. The second-order valence-electron chi connectivity index (χ2n) is 15.4. The van der Waals surface area contributed by atoms with Crippen molar-refractivity contribution in [2.75, 3.05) is 0 Å². The molecule has 0 bridgehead atoms. The maximum atomic E-state index is 6.62. The number of ether oxygens (including phenoxy) is 1. The normalized spacial score (nSPS) is 18.8. The number of hydrogen-bond acceptors (Lipinski definition) is 4. The van der Waals surface area contributed by atoms with Crippen molar-refractivity contribution in [2.24, 2.45) is 0 Å². The quantitative estimate of drug-likeness (QED) is 0.169. The predicted octanol–water partition coefficient (Wildman–Crippen LogP) is 11.4. The van der Waals surface area contributed by atoms with E-state index in [0.717, 1.165) is 17.2 Å². The van der Waals surface area contributed by atoms with Crippen LogP contribution in [0.15, 0.2) is 194 Å². The summed E-state index contributed by atoms with van der Waals surface area (Å²) in [6, 6.07) is 70.2. The number of aromatic nitrogens is 1. The lowest BCUT2D eigenvalue weighted by Gasteiger charge is -2.39. The minimum atomic E-state index is -0.532. The van der Waals surface area contributed by atoms with Crippen LogP contribution in [0.1, 0.15) is 57.4 Å². The molecule has 2 unspecified atom stereocenters. The number of fused-ring (bicyclic) bond motifs is 12. The van der Waals surface area contributed by atoms with Crippen molar-refractivity contribution >= 4 is 21.8 Å². The highest BCUT2D eigenvalue weighted by Crippen LogP contribution is 2.62. The Labute approximate surface area is 331 Å². The first-order valence-electron chi connectivity index (χ1n) is 19.8. The van der Waals surface area contributed by atoms with Gasteiger partial charge in [0, 0.05) is 27.6 Å². The van der Waals surface area contributed by atoms with Crippen molar-refractivity contribution in [1.29, 1.82) is 0 Å². The van der Waals surface area contributed by atoms with E-state index in [1.165, 1.54) is 71.9 Å². The highest BCUT2D eigenvalue weighted by molar-refractivity contribution is 6.09. The fourth-order valence-electron chi connectivity index (χ4n) is 9.94. The van der Waals surface area contributed by atoms with Gasteiger partial charge in [-0.3, -0.25) is 16.0 Å². The van der Waals surface area contributed by atoms with Crippen molar-refractivity contribution in [1.82, 2.24) is 20.5 Å². The Kier molecular flexibility index (Phi) is 7.20. The van der Waals surface area contributed by atoms with Gasteiger partial charge >= 0.3 is 0 Å². The van der Waals surface area contributed by atoms with Gasteiger partial charge in [0.25, 0.3) is 0 Å². The molecule has 3 heterocycles. The minimum Gasteiger partial charge on any atom is -0.457 e. The number of para-hydroxylation sites is 3. The molecule has 8 aromatic carbocycles. The average Bonchev–Trinajstić information content (AvgIpc) is 3.77. The molecule has 9 aromatic rings. The fourth-order valence-corrected chi connectivity index (χ4v) is 9.94. The van der Waals surface area contributed by atoms with Crippen molar-refractivity contribution in [3.05, 3.63) is 233 Å². The molecule has 1 aliphatic carbocycles. The summed E-state index contributed by atoms with van der Waals surface area (Å²) in [4.78, 5) is 0. The molecule has 5 nitrogen and oxygen atoms in total. The van der Waals surface area contributed by atoms with E-state index in [1.807, 2.05) is 0 Å². The van der Waals surface area contributed by atoms with Gasteiger partial charge in [-0.25, -0.2) is 0 Å². The Hall–Kier alpha value is -6.76. The van der Waals surface area contributed by atoms with Crippen LogP contribution < -0.4 is 20.7 Å². The van der Waals surface area contributed by atoms with Crippen LogP contribution in [0.25, 0.3) is 38.6 Å². The molecular weight excluding hydrogens is 697 g/mol. The van der Waals surface area contributed by atoms with E-state index in [1.54, 1.807) is 0 Å². The third kappa shape index (κ3) is 4.80. The standard InChI is InChI=1S/C52H38N4O/c1-3-15-33(16-4-1)49-53-50(34-17-5-2-6-18-34)55-51(54-49)35-27-30-46-40(31-35)39-20-8-12-24-45(39)56(46)36-28-29-38-37-19-7-9-21-41(37)52(44(38)32-36)42-22-10-13-25-47(42)57-48-26-14-11-23-43(48)52/h1-32,49-51,53-55H. The van der Waals surface area contributed by atoms with Crippen LogP contribution in [-0.4, -0.2) is 4.57 Å². The van der Waals surface area contributed by atoms with Gasteiger partial charge in [-0.1, -0.05) is 152 Å². The van der Waals surface area contributed by atoms with Crippen LogP contribution in [0.2, 0.25) is 0 Å². The minimum absolute atomic E-state index is 0.0389. The second kappa shape index (κ2) is 12.6. The summed E-state index contributed by atoms with van der Waals surface area (Å²) in [6.45, 7) is 0. The van der Waals surface area contributed by atoms with E-state index in [-0.39, 0.29) is 18.5 Å². The molecule has 3 aliphatic rings. The Morgan fingerprint density at radius 2 is 0.912 bits per heavy atom. The van der Waals surface area contributed by atoms with Gasteiger partial charge < -0.3 is 9.30 Å². The molecule has 2 aliphatic heterocycles. The first-order valence-corrected chi connectivity index (χ1v) is 19.8. The van der Waals surface area contributed by atoms with Crippen LogP contribution in [0.3, 0.4) is 0 Å². The molecule has 3 N–H and O–H groups in total. The lowest BCUT2D eigenvalue weighted by atomic mass is 9.66. The first-order chi connectivity index (χ1) is 28.3. The molecule has 57 heavy (non-hydrogen) atoms. The molecule has 1 fully saturated rings. The van der Waals surface area contributed by atoms with Crippen LogP contribution in [0.5, 0.6) is 11.5 Å². The highest BCUT2D eigenvalue weighted by Gasteiger charge is 2.51. The summed E-state index contributed by atoms with van der Waals surface area (Å²) in [5.74, 6) is 1.80. The van der Waals surface area contributed by atoms with Gasteiger partial charge in [0.05, 0.1) is 34.9 Å². The molecule has 5 heteroatoms. The number of rotatable bonds is 4. The second-order valence-corrected chi connectivity index (χ2v) is 15.4. The third-order valence-corrected chi connectivity index (χ3v) is 12.4. The molecule has 0 amide bonds. The van der Waals surface area contributed by atoms with Crippen LogP contribution in [0.4, 0.5) is 0 Å². The number of hydrogen-bond donors (Lipinski definition) is 3. The topological polar surface area (TPSA) is 50.2 Å². The number of nitrogens with one attached hydrogen (secondary N) is 3. The van der Waals surface area contributed by atoms with Gasteiger partial charge in [-0.05, 0) is 81.4 Å². The maximum absolute atomic E-state index is 6.62. The van der Waals surface area contributed by atoms with Gasteiger partial charge in [0.1, 0.15) is 11.5 Å². The smallest absolute Gasteiger partial charge is 0.132 e. The average molecular weight is 735 g/mol. The first kappa shape index (κ1) is 32.5. The van der Waals surface area contributed by atoms with E-state index < -0.39 is 5.41 Å². The van der Waals surface area contributed by atoms with Crippen molar-refractivity contribution < 1.29 is 4.74 Å². The summed E-state index contributed by atoms with van der Waals surface area (Å²) >= 11 is 0. The van der Waals surface area contributed by atoms with Crippen molar-refractivity contribution in [3.8, 4) is 28.3 Å². The molecule has 1 saturated heterocycles. The van der Waals surface area contributed by atoms with Gasteiger partial charge in [0.15, 0.2) is 0 Å². The van der Waals surface area contributed by atoms with E-state index >= 15 is 0 Å². The van der Waals surface area contributed by atoms with Gasteiger partial charge in [-0.2, -0.15) is 0 Å². The molecule has 0 radical (unpaired) electrons. The molecule has 0 saturated carbocycles. The van der Waals surface area contributed by atoms with E-state index in [0.29, 0.717) is 0 Å². The Morgan fingerprint density at radius 1 is 0.386 bits per heavy atom. The zero-order valence-electron chi connectivity index (χ0n) is 31.1. The van der Waals surface area contributed by atoms with Crippen molar-refractivity contribution in [3.63, 3.8) is 0 Å². The van der Waals surface area contributed by atoms with Gasteiger partial charge in [0.2, 0.25) is 0 Å². The molecular formula is C52H38N4O. The largest absolute Gasteiger partial charge is 0.457 e. The van der Waals surface area contributed by atoms with E-state index in [9.17, 15) is 0 Å². The number of benzene rings is 8. The summed E-state index contributed by atoms with van der Waals surface area (Å²) < 4.78 is 9.07. The molecule has 1 aromatic heterocycles. The SMILES string of the molecule is c1ccc(C2NC(c3ccccc3)NC(c3ccc4c(c3)c3ccccc3n4-c3ccc4c(c3)C3(c5ccccc5Oc5ccccc53)c3ccccc3-4)N2)cc1. The molecule has 2 atom stereocenters. The summed E-state index contributed by atoms with van der Waals surface area (Å²) in [5.41, 5.74) is 14.0. The molecule has 1 spiro atoms. The van der Waals surface area contributed by atoms with E-state index in [4.69, 9.17) is 4.74 Å². The molecule has 272 valence electrons. The van der Waals surface area contributed by atoms with Crippen LogP contribution in [-0.2, 0) is 5.41 Å². The number of nitrogens with zero attached hydrogens (tertiary/aromatic N) is 1. The van der Waals surface area contributed by atoms with E-state index in [2.05, 4.69) is 215 Å². The molecule has 12 rings (SSSR count). The zero-order valence-corrected chi connectivity index (χ0v) is 31.1. The van der Waals surface area contributed by atoms with Crippen molar-refractivity contribution in [2.45, 2.75) is 23.9 Å². The third-order valence-electron chi connectivity index (χ3n) is 12.4. The lowest BCUT2D eigenvalue weighted by Crippen LogP contribution is -2.54. The Morgan fingerprint density at radius 3 is 1.60 bits per heavy atom. The summed E-state index contributed by atoms with van der Waals surface area (Å²) in [5, 5.41) is 14.0. The Bertz CT molecular complexity index is 2910. The fraction of sp³-hybridized carbons (Fsp3) is 0.0769. The van der Waals surface area contributed by atoms with Gasteiger partial charge in [-0.15, -0.1) is 0 Å². The highest BCUT2D eigenvalue weighted by atomic mass is 16.5.